The maximum atomic E-state index is 12.0. The molecule has 0 aliphatic carbocycles. The van der Waals surface area contributed by atoms with Crippen LogP contribution in [0.1, 0.15) is 15.9 Å². The van der Waals surface area contributed by atoms with E-state index in [2.05, 4.69) is 10.6 Å². The summed E-state index contributed by atoms with van der Waals surface area (Å²) in [5.74, 6) is -0.647. The molecule has 0 saturated heterocycles. The molecular weight excluding hydrogens is 256 g/mol. The molecule has 2 rings (SSSR count). The number of phenols is 1. The Morgan fingerprint density at radius 3 is 2.55 bits per heavy atom. The number of para-hydroxylation sites is 1. The lowest BCUT2D eigenvalue weighted by Crippen LogP contribution is -2.23. The van der Waals surface area contributed by atoms with Crippen molar-refractivity contribution in [1.82, 2.24) is 5.32 Å². The molecule has 0 unspecified atom stereocenters. The van der Waals surface area contributed by atoms with E-state index in [-0.39, 0.29) is 17.0 Å². The third kappa shape index (κ3) is 3.14. The van der Waals surface area contributed by atoms with Crippen molar-refractivity contribution in [1.29, 1.82) is 0 Å². The van der Waals surface area contributed by atoms with E-state index in [1.165, 1.54) is 12.1 Å². The van der Waals surface area contributed by atoms with Crippen LogP contribution in [0.3, 0.4) is 0 Å². The topological polar surface area (TPSA) is 78.4 Å². The summed E-state index contributed by atoms with van der Waals surface area (Å²) in [5, 5.41) is 14.9. The Hall–Kier alpha value is -2.82. The van der Waals surface area contributed by atoms with Crippen LogP contribution in [-0.2, 0) is 11.3 Å². The van der Waals surface area contributed by atoms with Gasteiger partial charge in [-0.05, 0) is 17.7 Å². The zero-order valence-corrected chi connectivity index (χ0v) is 10.7. The quantitative estimate of drug-likeness (QED) is 0.573. The second kappa shape index (κ2) is 6.38. The zero-order chi connectivity index (χ0) is 14.4. The zero-order valence-electron chi connectivity index (χ0n) is 10.7. The molecule has 0 saturated carbocycles. The lowest BCUT2D eigenvalue weighted by atomic mass is 10.1. The van der Waals surface area contributed by atoms with Gasteiger partial charge >= 0.3 is 0 Å². The maximum absolute atomic E-state index is 12.0. The Labute approximate surface area is 116 Å². The Balaban J connectivity index is 2.09. The van der Waals surface area contributed by atoms with Crippen LogP contribution in [0, 0.1) is 0 Å². The highest BCUT2D eigenvalue weighted by molar-refractivity contribution is 5.99. The molecule has 0 radical (unpaired) electrons. The van der Waals surface area contributed by atoms with Crippen LogP contribution in [0.4, 0.5) is 5.69 Å². The molecule has 5 nitrogen and oxygen atoms in total. The first-order chi connectivity index (χ1) is 9.72. The fourth-order valence-corrected chi connectivity index (χ4v) is 1.78. The number of anilines is 1. The molecule has 0 aliphatic heterocycles. The number of hydrogen-bond acceptors (Lipinski definition) is 3. The molecule has 0 heterocycles. The summed E-state index contributed by atoms with van der Waals surface area (Å²) >= 11 is 0. The summed E-state index contributed by atoms with van der Waals surface area (Å²) in [6.07, 6.45) is 0.445. The molecule has 20 heavy (non-hydrogen) atoms. The first kappa shape index (κ1) is 13.6. The van der Waals surface area contributed by atoms with E-state index in [9.17, 15) is 14.7 Å². The van der Waals surface area contributed by atoms with Gasteiger partial charge < -0.3 is 15.7 Å². The predicted octanol–water partition coefficient (Wildman–Crippen LogP) is 1.89. The molecule has 5 heteroatoms. The van der Waals surface area contributed by atoms with Crippen LogP contribution in [0.25, 0.3) is 0 Å². The Morgan fingerprint density at radius 2 is 1.85 bits per heavy atom. The van der Waals surface area contributed by atoms with Crippen LogP contribution < -0.4 is 10.6 Å². The van der Waals surface area contributed by atoms with Crippen molar-refractivity contribution in [2.75, 3.05) is 5.32 Å². The van der Waals surface area contributed by atoms with E-state index in [4.69, 9.17) is 0 Å². The average Bonchev–Trinajstić information content (AvgIpc) is 2.48. The van der Waals surface area contributed by atoms with Gasteiger partial charge in [-0.25, -0.2) is 0 Å². The molecule has 0 spiro atoms. The van der Waals surface area contributed by atoms with Gasteiger partial charge in [0, 0.05) is 6.54 Å². The molecule has 0 atom stereocenters. The number of rotatable bonds is 5. The summed E-state index contributed by atoms with van der Waals surface area (Å²) in [4.78, 5) is 22.4. The van der Waals surface area contributed by atoms with E-state index < -0.39 is 5.91 Å². The van der Waals surface area contributed by atoms with Crippen molar-refractivity contribution in [3.05, 3.63) is 59.7 Å². The van der Waals surface area contributed by atoms with Crippen LogP contribution in [0.5, 0.6) is 5.75 Å². The molecule has 3 N–H and O–H groups in total. The molecule has 0 bridgehead atoms. The van der Waals surface area contributed by atoms with Crippen molar-refractivity contribution in [2.45, 2.75) is 6.54 Å². The minimum atomic E-state index is -0.402. The lowest BCUT2D eigenvalue weighted by Gasteiger charge is -2.09. The number of hydrogen-bond donors (Lipinski definition) is 3. The van der Waals surface area contributed by atoms with Gasteiger partial charge in [0.1, 0.15) is 0 Å². The Kier molecular flexibility index (Phi) is 4.34. The molecule has 102 valence electrons. The van der Waals surface area contributed by atoms with Crippen LogP contribution in [0.15, 0.2) is 48.5 Å². The lowest BCUT2D eigenvalue weighted by molar-refractivity contribution is -0.105. The highest BCUT2D eigenvalue weighted by Gasteiger charge is 2.13. The van der Waals surface area contributed by atoms with Crippen LogP contribution in [0.2, 0.25) is 0 Å². The third-order valence-corrected chi connectivity index (χ3v) is 2.79. The Morgan fingerprint density at radius 1 is 1.10 bits per heavy atom. The van der Waals surface area contributed by atoms with E-state index >= 15 is 0 Å². The summed E-state index contributed by atoms with van der Waals surface area (Å²) in [7, 11) is 0. The molecule has 0 fully saturated rings. The largest absolute Gasteiger partial charge is 0.505 e. The second-order valence-corrected chi connectivity index (χ2v) is 4.13. The van der Waals surface area contributed by atoms with Gasteiger partial charge in [0.25, 0.3) is 5.91 Å². The summed E-state index contributed by atoms with van der Waals surface area (Å²) in [6.45, 7) is 0.366. The van der Waals surface area contributed by atoms with Crippen molar-refractivity contribution in [3.8, 4) is 5.75 Å². The second-order valence-electron chi connectivity index (χ2n) is 4.13. The summed E-state index contributed by atoms with van der Waals surface area (Å²) < 4.78 is 0. The van der Waals surface area contributed by atoms with Gasteiger partial charge in [-0.2, -0.15) is 0 Å². The number of phenolic OH excluding ortho intramolecular Hbond substituents is 1. The van der Waals surface area contributed by atoms with Gasteiger partial charge in [-0.1, -0.05) is 36.4 Å². The monoisotopic (exact) mass is 270 g/mol. The Bertz CT molecular complexity index is 612. The molecule has 0 aromatic heterocycles. The predicted molar refractivity (Wildman–Crippen MR) is 75.4 cm³/mol. The highest BCUT2D eigenvalue weighted by Crippen LogP contribution is 2.26. The van der Waals surface area contributed by atoms with Gasteiger partial charge in [0.05, 0.1) is 11.3 Å². The SMILES string of the molecule is O=CNc1cccc(C(=O)NCc2ccccc2)c1O. The molecule has 2 amide bonds. The van der Waals surface area contributed by atoms with Crippen molar-refractivity contribution >= 4 is 18.0 Å². The molecular formula is C15H14N2O3. The number of carbonyl (C=O) groups is 2. The van der Waals surface area contributed by atoms with E-state index in [0.717, 1.165) is 5.56 Å². The van der Waals surface area contributed by atoms with Crippen LogP contribution in [-0.4, -0.2) is 17.4 Å². The van der Waals surface area contributed by atoms with Crippen molar-refractivity contribution < 1.29 is 14.7 Å². The first-order valence-electron chi connectivity index (χ1n) is 6.06. The fraction of sp³-hybridized carbons (Fsp3) is 0.0667. The summed E-state index contributed by atoms with van der Waals surface area (Å²) in [5.41, 5.74) is 1.28. The minimum absolute atomic E-state index is 0.118. The number of amides is 2. The number of aromatic hydroxyl groups is 1. The van der Waals surface area contributed by atoms with Gasteiger partial charge in [-0.3, -0.25) is 9.59 Å². The third-order valence-electron chi connectivity index (χ3n) is 2.79. The number of carbonyl (C=O) groups excluding carboxylic acids is 2. The van der Waals surface area contributed by atoms with Crippen molar-refractivity contribution in [2.24, 2.45) is 0 Å². The molecule has 2 aromatic carbocycles. The maximum Gasteiger partial charge on any atom is 0.255 e. The number of nitrogens with one attached hydrogen (secondary N) is 2. The van der Waals surface area contributed by atoms with Crippen LogP contribution >= 0.6 is 0 Å². The average molecular weight is 270 g/mol. The molecule has 2 aromatic rings. The van der Waals surface area contributed by atoms with Gasteiger partial charge in [0.15, 0.2) is 5.75 Å². The van der Waals surface area contributed by atoms with E-state index in [1.807, 2.05) is 30.3 Å². The highest BCUT2D eigenvalue weighted by atomic mass is 16.3. The molecule has 0 aliphatic rings. The van der Waals surface area contributed by atoms with E-state index in [0.29, 0.717) is 13.0 Å². The smallest absolute Gasteiger partial charge is 0.255 e. The standard InChI is InChI=1S/C15H14N2O3/c18-10-17-13-8-4-7-12(14(13)19)15(20)16-9-11-5-2-1-3-6-11/h1-8,10,19H,9H2,(H,16,20)(H,17,18). The van der Waals surface area contributed by atoms with Gasteiger partial charge in [-0.15, -0.1) is 0 Å². The fourth-order valence-electron chi connectivity index (χ4n) is 1.78. The minimum Gasteiger partial charge on any atom is -0.505 e. The normalized spacial score (nSPS) is 9.80. The van der Waals surface area contributed by atoms with Crippen molar-refractivity contribution in [3.63, 3.8) is 0 Å². The first-order valence-corrected chi connectivity index (χ1v) is 6.06. The summed E-state index contributed by atoms with van der Waals surface area (Å²) in [6, 6.07) is 14.0. The van der Waals surface area contributed by atoms with E-state index in [1.54, 1.807) is 6.07 Å². The van der Waals surface area contributed by atoms with Gasteiger partial charge in [0.2, 0.25) is 6.41 Å². The number of benzene rings is 2.